The van der Waals surface area contributed by atoms with Crippen LogP contribution in [0.15, 0.2) is 36.7 Å². The zero-order valence-electron chi connectivity index (χ0n) is 15.6. The SMILES string of the molecule is CN(C(=O)Cc1ccccc1F)[C@@H]1CCCN(Cc2cnn(C)c2)CC1. The molecule has 5 nitrogen and oxygen atoms in total. The number of aryl methyl sites for hydroxylation is 1. The van der Waals surface area contributed by atoms with Gasteiger partial charge in [-0.05, 0) is 37.4 Å². The summed E-state index contributed by atoms with van der Waals surface area (Å²) in [6.07, 6.45) is 7.07. The number of likely N-dealkylation sites (tertiary alicyclic amines) is 1. The van der Waals surface area contributed by atoms with Gasteiger partial charge in [-0.25, -0.2) is 4.39 Å². The molecule has 2 heterocycles. The number of benzene rings is 1. The summed E-state index contributed by atoms with van der Waals surface area (Å²) in [5.74, 6) is -0.321. The molecule has 3 rings (SSSR count). The number of amides is 1. The van der Waals surface area contributed by atoms with Crippen LogP contribution in [0.3, 0.4) is 0 Å². The third-order valence-corrected chi connectivity index (χ3v) is 5.20. The first-order valence-electron chi connectivity index (χ1n) is 9.22. The highest BCUT2D eigenvalue weighted by atomic mass is 19.1. The molecule has 1 atom stereocenters. The van der Waals surface area contributed by atoms with Gasteiger partial charge in [0.25, 0.3) is 0 Å². The van der Waals surface area contributed by atoms with Crippen molar-refractivity contribution < 1.29 is 9.18 Å². The highest BCUT2D eigenvalue weighted by Crippen LogP contribution is 2.19. The Morgan fingerprint density at radius 1 is 1.31 bits per heavy atom. The molecule has 1 aliphatic heterocycles. The van der Waals surface area contributed by atoms with Gasteiger partial charge in [0.05, 0.1) is 12.6 Å². The minimum absolute atomic E-state index is 0.0131. The van der Waals surface area contributed by atoms with Gasteiger partial charge < -0.3 is 4.90 Å². The van der Waals surface area contributed by atoms with E-state index in [9.17, 15) is 9.18 Å². The number of halogens is 1. The van der Waals surface area contributed by atoms with E-state index in [2.05, 4.69) is 10.00 Å². The average molecular weight is 358 g/mol. The Bertz CT molecular complexity index is 745. The van der Waals surface area contributed by atoms with Crippen molar-refractivity contribution in [3.05, 3.63) is 53.6 Å². The largest absolute Gasteiger partial charge is 0.342 e. The first kappa shape index (κ1) is 18.6. The molecule has 0 aliphatic carbocycles. The molecular formula is C20H27FN4O. The second-order valence-corrected chi connectivity index (χ2v) is 7.16. The van der Waals surface area contributed by atoms with Crippen molar-refractivity contribution in [1.29, 1.82) is 0 Å². The van der Waals surface area contributed by atoms with E-state index in [1.165, 1.54) is 11.6 Å². The minimum Gasteiger partial charge on any atom is -0.342 e. The molecule has 26 heavy (non-hydrogen) atoms. The number of carbonyl (C=O) groups excluding carboxylic acids is 1. The molecule has 0 spiro atoms. The Labute approximate surface area is 154 Å². The Hall–Kier alpha value is -2.21. The minimum atomic E-state index is -0.308. The van der Waals surface area contributed by atoms with E-state index in [0.717, 1.165) is 38.9 Å². The van der Waals surface area contributed by atoms with Crippen LogP contribution in [0.4, 0.5) is 4.39 Å². The van der Waals surface area contributed by atoms with Crippen LogP contribution in [0, 0.1) is 5.82 Å². The molecule has 2 aromatic rings. The monoisotopic (exact) mass is 358 g/mol. The topological polar surface area (TPSA) is 41.4 Å². The van der Waals surface area contributed by atoms with Crippen molar-refractivity contribution in [3.8, 4) is 0 Å². The first-order valence-corrected chi connectivity index (χ1v) is 9.22. The van der Waals surface area contributed by atoms with E-state index >= 15 is 0 Å². The van der Waals surface area contributed by atoms with Crippen LogP contribution in [0.5, 0.6) is 0 Å². The van der Waals surface area contributed by atoms with Crippen molar-refractivity contribution in [1.82, 2.24) is 19.6 Å². The zero-order valence-corrected chi connectivity index (χ0v) is 15.6. The molecule has 0 unspecified atom stereocenters. The molecule has 0 radical (unpaired) electrons. The lowest BCUT2D eigenvalue weighted by Crippen LogP contribution is -2.38. The van der Waals surface area contributed by atoms with Gasteiger partial charge in [-0.2, -0.15) is 5.10 Å². The number of carbonyl (C=O) groups is 1. The van der Waals surface area contributed by atoms with Crippen LogP contribution >= 0.6 is 0 Å². The zero-order chi connectivity index (χ0) is 18.5. The lowest BCUT2D eigenvalue weighted by atomic mass is 10.1. The second kappa shape index (κ2) is 8.45. The summed E-state index contributed by atoms with van der Waals surface area (Å²) in [6, 6.07) is 6.73. The molecular weight excluding hydrogens is 331 g/mol. The second-order valence-electron chi connectivity index (χ2n) is 7.16. The third kappa shape index (κ3) is 4.69. The molecule has 0 bridgehead atoms. The fourth-order valence-electron chi connectivity index (χ4n) is 3.63. The normalized spacial score (nSPS) is 18.5. The number of rotatable bonds is 5. The van der Waals surface area contributed by atoms with Crippen LogP contribution in [0.1, 0.15) is 30.4 Å². The summed E-state index contributed by atoms with van der Waals surface area (Å²) in [5, 5.41) is 4.23. The molecule has 1 fully saturated rings. The van der Waals surface area contributed by atoms with Crippen LogP contribution in [0.2, 0.25) is 0 Å². The predicted molar refractivity (Wildman–Crippen MR) is 99.0 cm³/mol. The van der Waals surface area contributed by atoms with Gasteiger partial charge in [0.2, 0.25) is 5.91 Å². The first-order chi connectivity index (χ1) is 12.5. The summed E-state index contributed by atoms with van der Waals surface area (Å²) >= 11 is 0. The van der Waals surface area contributed by atoms with Gasteiger partial charge in [0, 0.05) is 45.0 Å². The summed E-state index contributed by atoms with van der Waals surface area (Å²) < 4.78 is 15.6. The van der Waals surface area contributed by atoms with Crippen molar-refractivity contribution in [2.45, 2.75) is 38.3 Å². The molecule has 1 aliphatic rings. The van der Waals surface area contributed by atoms with Gasteiger partial charge in [0.15, 0.2) is 0 Å². The van der Waals surface area contributed by atoms with Gasteiger partial charge in [0.1, 0.15) is 5.82 Å². The Morgan fingerprint density at radius 3 is 2.85 bits per heavy atom. The highest BCUT2D eigenvalue weighted by Gasteiger charge is 2.24. The molecule has 1 aromatic carbocycles. The van der Waals surface area contributed by atoms with E-state index in [-0.39, 0.29) is 24.2 Å². The fraction of sp³-hybridized carbons (Fsp3) is 0.500. The Balaban J connectivity index is 1.54. The third-order valence-electron chi connectivity index (χ3n) is 5.20. The molecule has 140 valence electrons. The fourth-order valence-corrected chi connectivity index (χ4v) is 3.63. The van der Waals surface area contributed by atoms with Crippen molar-refractivity contribution in [3.63, 3.8) is 0 Å². The Kier molecular flexibility index (Phi) is 6.04. The number of aromatic nitrogens is 2. The number of likely N-dealkylation sites (N-methyl/N-ethyl adjacent to an activating group) is 1. The lowest BCUT2D eigenvalue weighted by Gasteiger charge is -2.27. The van der Waals surface area contributed by atoms with E-state index in [1.807, 2.05) is 36.1 Å². The maximum atomic E-state index is 13.8. The Morgan fingerprint density at radius 2 is 2.12 bits per heavy atom. The number of hydrogen-bond donors (Lipinski definition) is 0. The average Bonchev–Trinajstić information content (AvgIpc) is 2.89. The van der Waals surface area contributed by atoms with E-state index < -0.39 is 0 Å². The van der Waals surface area contributed by atoms with E-state index in [1.54, 1.807) is 18.2 Å². The van der Waals surface area contributed by atoms with Gasteiger partial charge >= 0.3 is 0 Å². The number of nitrogens with zero attached hydrogens (tertiary/aromatic N) is 4. The van der Waals surface area contributed by atoms with Gasteiger partial charge in [-0.15, -0.1) is 0 Å². The molecule has 0 N–H and O–H groups in total. The number of hydrogen-bond acceptors (Lipinski definition) is 3. The van der Waals surface area contributed by atoms with Crippen LogP contribution < -0.4 is 0 Å². The van der Waals surface area contributed by atoms with E-state index in [0.29, 0.717) is 5.56 Å². The molecule has 0 saturated carbocycles. The van der Waals surface area contributed by atoms with Gasteiger partial charge in [-0.1, -0.05) is 18.2 Å². The summed E-state index contributed by atoms with van der Waals surface area (Å²) in [6.45, 7) is 2.88. The maximum Gasteiger partial charge on any atom is 0.227 e. The standard InChI is InChI=1S/C20H27FN4O/c1-23-14-16(13-22-23)15-25-10-5-7-18(9-11-25)24(2)20(26)12-17-6-3-4-8-19(17)21/h3-4,6,8,13-14,18H,5,7,9-12,15H2,1-2H3/t18-/m1/s1. The van der Waals surface area contributed by atoms with Crippen molar-refractivity contribution in [2.75, 3.05) is 20.1 Å². The predicted octanol–water partition coefficient (Wildman–Crippen LogP) is 2.61. The van der Waals surface area contributed by atoms with Crippen molar-refractivity contribution in [2.24, 2.45) is 7.05 Å². The summed E-state index contributed by atoms with van der Waals surface area (Å²) in [7, 11) is 3.78. The molecule has 1 saturated heterocycles. The highest BCUT2D eigenvalue weighted by molar-refractivity contribution is 5.78. The summed E-state index contributed by atoms with van der Waals surface area (Å²) in [5.41, 5.74) is 1.69. The lowest BCUT2D eigenvalue weighted by molar-refractivity contribution is -0.131. The quantitative estimate of drug-likeness (QED) is 0.825. The van der Waals surface area contributed by atoms with E-state index in [4.69, 9.17) is 0 Å². The van der Waals surface area contributed by atoms with Crippen LogP contribution in [-0.2, 0) is 24.8 Å². The molecule has 1 aromatic heterocycles. The molecule has 1 amide bonds. The van der Waals surface area contributed by atoms with Crippen LogP contribution in [0.25, 0.3) is 0 Å². The summed E-state index contributed by atoms with van der Waals surface area (Å²) in [4.78, 5) is 16.8. The van der Waals surface area contributed by atoms with Gasteiger partial charge in [-0.3, -0.25) is 14.4 Å². The molecule has 6 heteroatoms. The van der Waals surface area contributed by atoms with Crippen molar-refractivity contribution >= 4 is 5.91 Å². The van der Waals surface area contributed by atoms with Crippen LogP contribution in [-0.4, -0.2) is 51.7 Å². The smallest absolute Gasteiger partial charge is 0.227 e. The maximum absolute atomic E-state index is 13.8.